The maximum absolute atomic E-state index is 12.0. The van der Waals surface area contributed by atoms with Crippen molar-refractivity contribution < 1.29 is 14.3 Å². The molecular formula is C21H31N5O3S. The van der Waals surface area contributed by atoms with Crippen molar-refractivity contribution in [2.45, 2.75) is 44.7 Å². The van der Waals surface area contributed by atoms with Gasteiger partial charge in [-0.1, -0.05) is 56.8 Å². The van der Waals surface area contributed by atoms with Crippen molar-refractivity contribution in [3.05, 3.63) is 29.8 Å². The summed E-state index contributed by atoms with van der Waals surface area (Å²) in [5.41, 5.74) is 2.29. The van der Waals surface area contributed by atoms with Crippen molar-refractivity contribution in [3.8, 4) is 11.4 Å². The molecule has 2 aromatic rings. The fourth-order valence-corrected chi connectivity index (χ4v) is 3.38. The molecule has 0 atom stereocenters. The quantitative estimate of drug-likeness (QED) is 0.466. The molecule has 1 heterocycles. The Hall–Kier alpha value is -2.39. The lowest BCUT2D eigenvalue weighted by atomic mass is 9.87. The van der Waals surface area contributed by atoms with Crippen molar-refractivity contribution in [1.82, 2.24) is 25.4 Å². The summed E-state index contributed by atoms with van der Waals surface area (Å²) in [6, 6.07) is 7.74. The van der Waals surface area contributed by atoms with Crippen LogP contribution in [0, 0.1) is 0 Å². The molecule has 0 bridgehead atoms. The number of nitrogens with zero attached hydrogens (tertiary/aromatic N) is 3. The maximum atomic E-state index is 12.0. The summed E-state index contributed by atoms with van der Waals surface area (Å²) in [6.07, 6.45) is 0.697. The topological polar surface area (TPSA) is 98.1 Å². The van der Waals surface area contributed by atoms with Crippen LogP contribution in [0.25, 0.3) is 11.4 Å². The molecule has 1 aromatic heterocycles. The Balaban J connectivity index is 1.85. The van der Waals surface area contributed by atoms with Crippen LogP contribution in [0.5, 0.6) is 0 Å². The highest BCUT2D eigenvalue weighted by molar-refractivity contribution is 7.99. The van der Waals surface area contributed by atoms with E-state index in [1.165, 1.54) is 17.3 Å². The van der Waals surface area contributed by atoms with Gasteiger partial charge in [-0.25, -0.2) is 4.79 Å². The Kier molecular flexibility index (Phi) is 8.86. The largest absolute Gasteiger partial charge is 0.382 e. The van der Waals surface area contributed by atoms with Crippen LogP contribution in [0.15, 0.2) is 29.4 Å². The molecule has 3 amide bonds. The lowest BCUT2D eigenvalue weighted by molar-refractivity contribution is -0.117. The van der Waals surface area contributed by atoms with Crippen LogP contribution in [0.2, 0.25) is 0 Å². The maximum Gasteiger partial charge on any atom is 0.321 e. The monoisotopic (exact) mass is 433 g/mol. The molecule has 1 aromatic carbocycles. The van der Waals surface area contributed by atoms with Crippen LogP contribution in [0.3, 0.4) is 0 Å². The molecule has 0 spiro atoms. The predicted octanol–water partition coefficient (Wildman–Crippen LogP) is 3.12. The van der Waals surface area contributed by atoms with Gasteiger partial charge in [0, 0.05) is 32.4 Å². The summed E-state index contributed by atoms with van der Waals surface area (Å²) in [5.74, 6) is 0.410. The number of carbonyl (C=O) groups excluding carboxylic acids is 2. The zero-order valence-electron chi connectivity index (χ0n) is 18.3. The van der Waals surface area contributed by atoms with Crippen LogP contribution in [0.1, 0.15) is 39.7 Å². The number of hydrogen-bond acceptors (Lipinski definition) is 6. The SMILES string of the molecule is CCOCCCNC(=O)NC(=O)CSc1nnc(-c2ccc(C(C)(C)C)cc2)n1C. The second-order valence-electron chi connectivity index (χ2n) is 7.84. The van der Waals surface area contributed by atoms with Gasteiger partial charge in [-0.15, -0.1) is 10.2 Å². The van der Waals surface area contributed by atoms with Gasteiger partial charge in [0.1, 0.15) is 0 Å². The molecular weight excluding hydrogens is 402 g/mol. The van der Waals surface area contributed by atoms with E-state index in [-0.39, 0.29) is 17.1 Å². The number of imide groups is 1. The fraction of sp³-hybridized carbons (Fsp3) is 0.524. The highest BCUT2D eigenvalue weighted by atomic mass is 32.2. The van der Waals surface area contributed by atoms with Gasteiger partial charge in [-0.05, 0) is 24.3 Å². The fourth-order valence-electron chi connectivity index (χ4n) is 2.67. The van der Waals surface area contributed by atoms with E-state index in [0.29, 0.717) is 31.3 Å². The van der Waals surface area contributed by atoms with E-state index in [9.17, 15) is 9.59 Å². The minimum absolute atomic E-state index is 0.0707. The number of nitrogens with one attached hydrogen (secondary N) is 2. The Bertz CT molecular complexity index is 843. The van der Waals surface area contributed by atoms with E-state index < -0.39 is 6.03 Å². The van der Waals surface area contributed by atoms with E-state index in [1.807, 2.05) is 30.7 Å². The minimum atomic E-state index is -0.505. The summed E-state index contributed by atoms with van der Waals surface area (Å²) < 4.78 is 7.04. The molecule has 164 valence electrons. The van der Waals surface area contributed by atoms with Gasteiger partial charge in [0.2, 0.25) is 5.91 Å². The number of ether oxygens (including phenoxy) is 1. The predicted molar refractivity (Wildman–Crippen MR) is 119 cm³/mol. The molecule has 0 fully saturated rings. The van der Waals surface area contributed by atoms with Gasteiger partial charge >= 0.3 is 6.03 Å². The van der Waals surface area contributed by atoms with Crippen molar-refractivity contribution >= 4 is 23.7 Å². The normalized spacial score (nSPS) is 11.4. The molecule has 9 heteroatoms. The number of amides is 3. The third kappa shape index (κ3) is 7.14. The standard InChI is InChI=1S/C21H31N5O3S/c1-6-29-13-7-12-22-19(28)23-17(27)14-30-20-25-24-18(26(20)5)15-8-10-16(11-9-15)21(2,3)4/h8-11H,6-7,12-14H2,1-5H3,(H2,22,23,27,28). The molecule has 2 N–H and O–H groups in total. The van der Waals surface area contributed by atoms with E-state index in [1.54, 1.807) is 0 Å². The number of urea groups is 1. The number of benzene rings is 1. The van der Waals surface area contributed by atoms with E-state index in [4.69, 9.17) is 4.74 Å². The first kappa shape index (κ1) is 23.9. The van der Waals surface area contributed by atoms with E-state index >= 15 is 0 Å². The number of thioether (sulfide) groups is 1. The summed E-state index contributed by atoms with van der Waals surface area (Å²) in [7, 11) is 1.86. The number of rotatable bonds is 9. The van der Waals surface area contributed by atoms with Crippen LogP contribution in [0.4, 0.5) is 4.79 Å². The van der Waals surface area contributed by atoms with Crippen molar-refractivity contribution in [2.75, 3.05) is 25.5 Å². The summed E-state index contributed by atoms with van der Waals surface area (Å²) in [4.78, 5) is 23.7. The zero-order valence-corrected chi connectivity index (χ0v) is 19.1. The Morgan fingerprint density at radius 3 is 2.50 bits per heavy atom. The second-order valence-corrected chi connectivity index (χ2v) is 8.78. The number of aromatic nitrogens is 3. The number of hydrogen-bond donors (Lipinski definition) is 2. The van der Waals surface area contributed by atoms with Crippen molar-refractivity contribution in [2.24, 2.45) is 7.05 Å². The van der Waals surface area contributed by atoms with Gasteiger partial charge < -0.3 is 14.6 Å². The first-order valence-corrected chi connectivity index (χ1v) is 11.0. The van der Waals surface area contributed by atoms with Gasteiger partial charge in [-0.2, -0.15) is 0 Å². The molecule has 2 rings (SSSR count). The minimum Gasteiger partial charge on any atom is -0.382 e. The first-order chi connectivity index (χ1) is 14.2. The molecule has 0 aliphatic carbocycles. The van der Waals surface area contributed by atoms with Crippen LogP contribution < -0.4 is 10.6 Å². The smallest absolute Gasteiger partial charge is 0.321 e. The van der Waals surface area contributed by atoms with Crippen molar-refractivity contribution in [1.29, 1.82) is 0 Å². The summed E-state index contributed by atoms with van der Waals surface area (Å²) in [6.45, 7) is 10.1. The lowest BCUT2D eigenvalue weighted by Gasteiger charge is -2.19. The lowest BCUT2D eigenvalue weighted by Crippen LogP contribution is -2.40. The molecule has 0 saturated carbocycles. The third-order valence-electron chi connectivity index (χ3n) is 4.38. The average Bonchev–Trinajstić information content (AvgIpc) is 3.06. The first-order valence-electron chi connectivity index (χ1n) is 10.0. The van der Waals surface area contributed by atoms with Gasteiger partial charge in [0.15, 0.2) is 11.0 Å². The molecule has 0 unspecified atom stereocenters. The highest BCUT2D eigenvalue weighted by Crippen LogP contribution is 2.26. The third-order valence-corrected chi connectivity index (χ3v) is 5.40. The Morgan fingerprint density at radius 2 is 1.87 bits per heavy atom. The zero-order chi connectivity index (χ0) is 22.1. The van der Waals surface area contributed by atoms with Crippen LogP contribution in [-0.2, 0) is 22.0 Å². The Morgan fingerprint density at radius 1 is 1.17 bits per heavy atom. The van der Waals surface area contributed by atoms with Crippen LogP contribution >= 0.6 is 11.8 Å². The van der Waals surface area contributed by atoms with E-state index in [2.05, 4.69) is 53.7 Å². The average molecular weight is 434 g/mol. The van der Waals surface area contributed by atoms with Gasteiger partial charge in [0.25, 0.3) is 0 Å². The molecule has 0 aliphatic heterocycles. The molecule has 0 saturated heterocycles. The molecule has 8 nitrogen and oxygen atoms in total. The summed E-state index contributed by atoms with van der Waals surface area (Å²) in [5, 5.41) is 14.0. The highest BCUT2D eigenvalue weighted by Gasteiger charge is 2.16. The van der Waals surface area contributed by atoms with Crippen LogP contribution in [-0.4, -0.2) is 52.2 Å². The number of carbonyl (C=O) groups is 2. The van der Waals surface area contributed by atoms with Gasteiger partial charge in [0.05, 0.1) is 5.75 Å². The molecule has 0 radical (unpaired) electrons. The molecule has 0 aliphatic rings. The summed E-state index contributed by atoms with van der Waals surface area (Å²) >= 11 is 1.23. The second kappa shape index (κ2) is 11.1. The molecule has 30 heavy (non-hydrogen) atoms. The van der Waals surface area contributed by atoms with Gasteiger partial charge in [-0.3, -0.25) is 10.1 Å². The van der Waals surface area contributed by atoms with Crippen molar-refractivity contribution in [3.63, 3.8) is 0 Å². The van der Waals surface area contributed by atoms with E-state index in [0.717, 1.165) is 11.4 Å². The Labute approximate surface area is 182 Å².